The normalized spacial score (nSPS) is 15.4. The molecule has 1 aliphatic carbocycles. The summed E-state index contributed by atoms with van der Waals surface area (Å²) in [7, 11) is 0. The highest BCUT2D eigenvalue weighted by Gasteiger charge is 2.20. The van der Waals surface area contributed by atoms with Gasteiger partial charge in [0.05, 0.1) is 0 Å². The summed E-state index contributed by atoms with van der Waals surface area (Å²) >= 11 is 3.45. The molecule has 0 spiro atoms. The van der Waals surface area contributed by atoms with Gasteiger partial charge in [-0.15, -0.1) is 0 Å². The van der Waals surface area contributed by atoms with E-state index in [0.29, 0.717) is 0 Å². The van der Waals surface area contributed by atoms with E-state index < -0.39 is 0 Å². The Kier molecular flexibility index (Phi) is 4.61. The number of nitrogens with one attached hydrogen (secondary N) is 1. The third-order valence-electron chi connectivity index (χ3n) is 3.75. The fraction of sp³-hybridized carbons (Fsp3) is 0.333. The molecule has 0 radical (unpaired) electrons. The summed E-state index contributed by atoms with van der Waals surface area (Å²) < 4.78 is 7.03. The van der Waals surface area contributed by atoms with E-state index in [2.05, 4.69) is 46.4 Å². The van der Waals surface area contributed by atoms with Crippen molar-refractivity contribution in [3.05, 3.63) is 52.2 Å². The molecule has 2 nitrogen and oxygen atoms in total. The van der Waals surface area contributed by atoms with E-state index >= 15 is 0 Å². The molecule has 1 fully saturated rings. The van der Waals surface area contributed by atoms with Crippen LogP contribution in [0.15, 0.2) is 50.9 Å². The third-order valence-corrected chi connectivity index (χ3v) is 4.28. The fourth-order valence-electron chi connectivity index (χ4n) is 2.24. The van der Waals surface area contributed by atoms with Crippen LogP contribution < -0.4 is 5.32 Å². The predicted octanol–water partition coefficient (Wildman–Crippen LogP) is 5.25. The van der Waals surface area contributed by atoms with Crippen molar-refractivity contribution in [3.63, 3.8) is 0 Å². The van der Waals surface area contributed by atoms with Gasteiger partial charge in [-0.1, -0.05) is 40.6 Å². The van der Waals surface area contributed by atoms with Gasteiger partial charge in [0.1, 0.15) is 11.5 Å². The zero-order valence-corrected chi connectivity index (χ0v) is 13.8. The van der Waals surface area contributed by atoms with Crippen LogP contribution in [0.2, 0.25) is 0 Å². The smallest absolute Gasteiger partial charge is 0.134 e. The minimum atomic E-state index is 0.745. The van der Waals surface area contributed by atoms with Crippen molar-refractivity contribution in [2.45, 2.75) is 32.2 Å². The minimum absolute atomic E-state index is 0.745. The van der Waals surface area contributed by atoms with Crippen LogP contribution in [0.4, 0.5) is 0 Å². The van der Waals surface area contributed by atoms with Crippen molar-refractivity contribution in [1.82, 2.24) is 5.32 Å². The molecule has 1 aromatic carbocycles. The van der Waals surface area contributed by atoms with Gasteiger partial charge in [-0.2, -0.15) is 0 Å². The zero-order chi connectivity index (χ0) is 14.7. The van der Waals surface area contributed by atoms with Crippen molar-refractivity contribution in [1.29, 1.82) is 0 Å². The molecular formula is C18H20BrNO. The molecule has 3 rings (SSSR count). The molecule has 0 amide bonds. The molecule has 0 saturated heterocycles. The lowest BCUT2D eigenvalue weighted by molar-refractivity contribution is 0.570. The van der Waals surface area contributed by atoms with Gasteiger partial charge in [0.15, 0.2) is 0 Å². The first-order chi connectivity index (χ1) is 10.2. The van der Waals surface area contributed by atoms with Gasteiger partial charge in [0.25, 0.3) is 0 Å². The SMILES string of the molecule is CCC(=Cc1ccc(-c2ccc(Br)cc2)o1)CNC1CC1. The average molecular weight is 346 g/mol. The molecule has 110 valence electrons. The molecule has 1 aliphatic rings. The highest BCUT2D eigenvalue weighted by Crippen LogP contribution is 2.25. The maximum Gasteiger partial charge on any atom is 0.134 e. The van der Waals surface area contributed by atoms with Crippen LogP contribution in [0, 0.1) is 0 Å². The number of hydrogen-bond donors (Lipinski definition) is 1. The summed E-state index contributed by atoms with van der Waals surface area (Å²) in [6.07, 6.45) is 5.86. The molecule has 3 heteroatoms. The molecular weight excluding hydrogens is 326 g/mol. The largest absolute Gasteiger partial charge is 0.457 e. The van der Waals surface area contributed by atoms with Crippen molar-refractivity contribution in [3.8, 4) is 11.3 Å². The Bertz CT molecular complexity index is 623. The topological polar surface area (TPSA) is 25.2 Å². The van der Waals surface area contributed by atoms with Crippen molar-refractivity contribution in [2.24, 2.45) is 0 Å². The monoisotopic (exact) mass is 345 g/mol. The first kappa shape index (κ1) is 14.6. The van der Waals surface area contributed by atoms with Gasteiger partial charge in [0, 0.05) is 22.6 Å². The van der Waals surface area contributed by atoms with Gasteiger partial charge in [-0.25, -0.2) is 0 Å². The summed E-state index contributed by atoms with van der Waals surface area (Å²) in [5, 5.41) is 3.56. The lowest BCUT2D eigenvalue weighted by Gasteiger charge is -2.05. The summed E-state index contributed by atoms with van der Waals surface area (Å²) in [6.45, 7) is 3.16. The quantitative estimate of drug-likeness (QED) is 0.772. The number of hydrogen-bond acceptors (Lipinski definition) is 2. The molecule has 1 aromatic heterocycles. The fourth-order valence-corrected chi connectivity index (χ4v) is 2.51. The number of rotatable bonds is 6. The van der Waals surface area contributed by atoms with E-state index in [-0.39, 0.29) is 0 Å². The number of furan rings is 1. The van der Waals surface area contributed by atoms with Crippen LogP contribution in [0.1, 0.15) is 31.9 Å². The maximum atomic E-state index is 5.94. The van der Waals surface area contributed by atoms with Gasteiger partial charge >= 0.3 is 0 Å². The summed E-state index contributed by atoms with van der Waals surface area (Å²) in [4.78, 5) is 0. The Balaban J connectivity index is 1.71. The van der Waals surface area contributed by atoms with Crippen LogP contribution >= 0.6 is 15.9 Å². The summed E-state index contributed by atoms with van der Waals surface area (Å²) in [6, 6.07) is 13.0. The zero-order valence-electron chi connectivity index (χ0n) is 12.2. The molecule has 1 N–H and O–H groups in total. The van der Waals surface area contributed by atoms with Crippen LogP contribution in [0.5, 0.6) is 0 Å². The predicted molar refractivity (Wildman–Crippen MR) is 91.1 cm³/mol. The average Bonchev–Trinajstić information content (AvgIpc) is 3.22. The van der Waals surface area contributed by atoms with Gasteiger partial charge in [-0.05, 0) is 49.6 Å². The molecule has 1 saturated carbocycles. The van der Waals surface area contributed by atoms with E-state index in [1.54, 1.807) is 0 Å². The molecule has 0 atom stereocenters. The first-order valence-corrected chi connectivity index (χ1v) is 8.32. The lowest BCUT2D eigenvalue weighted by atomic mass is 10.1. The van der Waals surface area contributed by atoms with Gasteiger partial charge in [-0.3, -0.25) is 0 Å². The second-order valence-electron chi connectivity index (χ2n) is 5.52. The van der Waals surface area contributed by atoms with Crippen molar-refractivity contribution >= 4 is 22.0 Å². The van der Waals surface area contributed by atoms with Crippen molar-refractivity contribution < 1.29 is 4.42 Å². The van der Waals surface area contributed by atoms with Crippen LogP contribution in [-0.4, -0.2) is 12.6 Å². The lowest BCUT2D eigenvalue weighted by Crippen LogP contribution is -2.18. The first-order valence-electron chi connectivity index (χ1n) is 7.53. The van der Waals surface area contributed by atoms with E-state index in [4.69, 9.17) is 4.42 Å². The molecule has 1 heterocycles. The number of halogens is 1. The van der Waals surface area contributed by atoms with Crippen LogP contribution in [0.25, 0.3) is 17.4 Å². The van der Waals surface area contributed by atoms with Gasteiger partial charge in [0.2, 0.25) is 0 Å². The standard InChI is InChI=1S/C18H20BrNO/c1-2-13(12-20-16-7-8-16)11-17-9-10-18(21-17)14-3-5-15(19)6-4-14/h3-6,9-11,16,20H,2,7-8,12H2,1H3. The van der Waals surface area contributed by atoms with Crippen LogP contribution in [-0.2, 0) is 0 Å². The summed E-state index contributed by atoms with van der Waals surface area (Å²) in [5.41, 5.74) is 2.49. The second kappa shape index (κ2) is 6.63. The van der Waals surface area contributed by atoms with E-state index in [0.717, 1.165) is 40.6 Å². The second-order valence-corrected chi connectivity index (χ2v) is 6.44. The Hall–Kier alpha value is -1.32. The minimum Gasteiger partial charge on any atom is -0.457 e. The maximum absolute atomic E-state index is 5.94. The van der Waals surface area contributed by atoms with Gasteiger partial charge < -0.3 is 9.73 Å². The van der Waals surface area contributed by atoms with E-state index in [1.165, 1.54) is 18.4 Å². The van der Waals surface area contributed by atoms with E-state index in [9.17, 15) is 0 Å². The van der Waals surface area contributed by atoms with Crippen LogP contribution in [0.3, 0.4) is 0 Å². The Morgan fingerprint density at radius 3 is 2.67 bits per heavy atom. The molecule has 2 aromatic rings. The van der Waals surface area contributed by atoms with Crippen molar-refractivity contribution in [2.75, 3.05) is 6.54 Å². The Labute approximate surface area is 134 Å². The Morgan fingerprint density at radius 1 is 1.24 bits per heavy atom. The third kappa shape index (κ3) is 4.08. The molecule has 21 heavy (non-hydrogen) atoms. The van der Waals surface area contributed by atoms with E-state index in [1.807, 2.05) is 24.3 Å². The summed E-state index contributed by atoms with van der Waals surface area (Å²) in [5.74, 6) is 1.85. The Morgan fingerprint density at radius 2 is 2.00 bits per heavy atom. The molecule has 0 aliphatic heterocycles. The molecule has 0 unspecified atom stereocenters. The highest BCUT2D eigenvalue weighted by molar-refractivity contribution is 9.10. The molecule has 0 bridgehead atoms. The highest BCUT2D eigenvalue weighted by atomic mass is 79.9. The number of benzene rings is 1.